The minimum absolute atomic E-state index is 0.0256. The number of phenolic OH excluding ortho intramolecular Hbond substituents is 1. The lowest BCUT2D eigenvalue weighted by atomic mass is 10.00. The number of rotatable bonds is 13. The Morgan fingerprint density at radius 3 is 2.26 bits per heavy atom. The summed E-state index contributed by atoms with van der Waals surface area (Å²) in [6, 6.07) is 12.3. The van der Waals surface area contributed by atoms with Gasteiger partial charge in [0.2, 0.25) is 5.91 Å². The molecule has 3 atom stereocenters. The van der Waals surface area contributed by atoms with Crippen molar-refractivity contribution in [2.45, 2.75) is 38.3 Å². The highest BCUT2D eigenvalue weighted by molar-refractivity contribution is 5.90. The smallest absolute Gasteiger partial charge is 0.328 e. The van der Waals surface area contributed by atoms with Gasteiger partial charge in [-0.25, -0.2) is 4.79 Å². The van der Waals surface area contributed by atoms with Gasteiger partial charge in [0.25, 0.3) is 0 Å². The minimum Gasteiger partial charge on any atom is -0.504 e. The molecule has 2 aromatic carbocycles. The highest BCUT2D eigenvalue weighted by atomic mass is 16.5. The molecule has 1 unspecified atom stereocenters. The Balaban J connectivity index is 2.02. The predicted molar refractivity (Wildman–Crippen MR) is 126 cm³/mol. The number of hydrogen-bond donors (Lipinski definition) is 4. The number of nitrogens with one attached hydrogen (secondary N) is 2. The van der Waals surface area contributed by atoms with Gasteiger partial charge in [0.05, 0.1) is 26.7 Å². The summed E-state index contributed by atoms with van der Waals surface area (Å²) in [5.41, 5.74) is 1.71. The van der Waals surface area contributed by atoms with Gasteiger partial charge in [0.15, 0.2) is 11.5 Å². The molecule has 0 spiro atoms. The van der Waals surface area contributed by atoms with Crippen LogP contribution in [-0.4, -0.2) is 60.9 Å². The molecule has 0 bridgehead atoms. The van der Waals surface area contributed by atoms with Crippen molar-refractivity contribution in [3.63, 3.8) is 0 Å². The Kier molecular flexibility index (Phi) is 10.3. The number of methoxy groups -OCH3 is 2. The molecule has 0 saturated carbocycles. The fourth-order valence-electron chi connectivity index (χ4n) is 3.57. The summed E-state index contributed by atoms with van der Waals surface area (Å²) in [5.74, 6) is -1.91. The van der Waals surface area contributed by atoms with E-state index in [0.29, 0.717) is 18.7 Å². The van der Waals surface area contributed by atoms with Crippen molar-refractivity contribution in [3.05, 3.63) is 59.7 Å². The Morgan fingerprint density at radius 1 is 0.971 bits per heavy atom. The zero-order valence-electron chi connectivity index (χ0n) is 19.6. The van der Waals surface area contributed by atoms with Crippen LogP contribution in [0.15, 0.2) is 48.5 Å². The van der Waals surface area contributed by atoms with Crippen LogP contribution in [0.2, 0.25) is 0 Å². The average Bonchev–Trinajstić information content (AvgIpc) is 2.81. The van der Waals surface area contributed by atoms with Crippen LogP contribution in [0.3, 0.4) is 0 Å². The summed E-state index contributed by atoms with van der Waals surface area (Å²) in [7, 11) is 2.71. The molecular formula is C25H32N2O7. The van der Waals surface area contributed by atoms with Crippen LogP contribution >= 0.6 is 0 Å². The number of benzene rings is 2. The molecule has 0 fully saturated rings. The SMILES string of the molecule is COC(=O)[C@H](Cc1ccccc1)NC(=O)[C@H](CC(=O)O)NCC(C)Cc1ccc(OC)c(O)c1. The van der Waals surface area contributed by atoms with Gasteiger partial charge in [0, 0.05) is 6.42 Å². The van der Waals surface area contributed by atoms with Crippen LogP contribution in [0.25, 0.3) is 0 Å². The summed E-state index contributed by atoms with van der Waals surface area (Å²) in [4.78, 5) is 36.5. The number of carboxylic acid groups (broad SMARTS) is 1. The van der Waals surface area contributed by atoms with Gasteiger partial charge < -0.3 is 30.3 Å². The van der Waals surface area contributed by atoms with E-state index in [-0.39, 0.29) is 18.1 Å². The topological polar surface area (TPSA) is 134 Å². The molecule has 0 aliphatic heterocycles. The van der Waals surface area contributed by atoms with Crippen molar-refractivity contribution < 1.29 is 34.1 Å². The van der Waals surface area contributed by atoms with E-state index >= 15 is 0 Å². The lowest BCUT2D eigenvalue weighted by Crippen LogP contribution is -2.52. The Hall–Kier alpha value is -3.59. The average molecular weight is 473 g/mol. The third-order valence-electron chi connectivity index (χ3n) is 5.32. The van der Waals surface area contributed by atoms with E-state index in [1.165, 1.54) is 14.2 Å². The van der Waals surface area contributed by atoms with Gasteiger partial charge in [-0.1, -0.05) is 43.3 Å². The normalized spacial score (nSPS) is 13.4. The van der Waals surface area contributed by atoms with Crippen molar-refractivity contribution in [2.24, 2.45) is 5.92 Å². The number of carbonyl (C=O) groups excluding carboxylic acids is 2. The maximum atomic E-state index is 12.9. The maximum absolute atomic E-state index is 12.9. The highest BCUT2D eigenvalue weighted by Crippen LogP contribution is 2.27. The zero-order valence-corrected chi connectivity index (χ0v) is 19.6. The predicted octanol–water partition coefficient (Wildman–Crippen LogP) is 1.91. The second-order valence-electron chi connectivity index (χ2n) is 8.15. The fourth-order valence-corrected chi connectivity index (χ4v) is 3.57. The molecular weight excluding hydrogens is 440 g/mol. The molecule has 34 heavy (non-hydrogen) atoms. The first-order valence-electron chi connectivity index (χ1n) is 11.0. The van der Waals surface area contributed by atoms with Crippen molar-refractivity contribution in [1.29, 1.82) is 0 Å². The first kappa shape index (κ1) is 26.7. The molecule has 0 saturated heterocycles. The van der Waals surface area contributed by atoms with E-state index in [1.807, 2.05) is 43.3 Å². The van der Waals surface area contributed by atoms with Gasteiger partial charge >= 0.3 is 11.9 Å². The van der Waals surface area contributed by atoms with Gasteiger partial charge in [-0.15, -0.1) is 0 Å². The molecule has 0 aliphatic rings. The van der Waals surface area contributed by atoms with E-state index in [4.69, 9.17) is 9.47 Å². The van der Waals surface area contributed by atoms with Crippen molar-refractivity contribution in [3.8, 4) is 11.5 Å². The number of aliphatic carboxylic acids is 1. The standard InChI is InChI=1S/C25H32N2O7/c1-16(11-18-9-10-22(33-2)21(28)13-18)15-26-19(14-23(29)30)24(31)27-20(25(32)34-3)12-17-7-5-4-6-8-17/h4-10,13,16,19-20,26,28H,11-12,14-15H2,1-3H3,(H,27,31)(H,29,30)/t16?,19-,20-/m0/s1. The van der Waals surface area contributed by atoms with Gasteiger partial charge in [-0.05, 0) is 42.1 Å². The molecule has 0 aliphatic carbocycles. The summed E-state index contributed by atoms with van der Waals surface area (Å²) in [5, 5.41) is 24.9. The summed E-state index contributed by atoms with van der Waals surface area (Å²) < 4.78 is 9.86. The van der Waals surface area contributed by atoms with E-state index in [9.17, 15) is 24.6 Å². The van der Waals surface area contributed by atoms with E-state index in [0.717, 1.165) is 11.1 Å². The molecule has 9 heteroatoms. The number of phenols is 1. The van der Waals surface area contributed by atoms with Crippen LogP contribution in [0, 0.1) is 5.92 Å². The number of carboxylic acids is 1. The molecule has 0 radical (unpaired) electrons. The van der Waals surface area contributed by atoms with Crippen LogP contribution in [-0.2, 0) is 32.0 Å². The van der Waals surface area contributed by atoms with E-state index in [2.05, 4.69) is 10.6 Å². The number of esters is 1. The molecule has 184 valence electrons. The van der Waals surface area contributed by atoms with Crippen LogP contribution < -0.4 is 15.4 Å². The monoisotopic (exact) mass is 472 g/mol. The molecule has 0 heterocycles. The van der Waals surface area contributed by atoms with Crippen LogP contribution in [0.5, 0.6) is 11.5 Å². The number of carbonyl (C=O) groups is 3. The Bertz CT molecular complexity index is 965. The van der Waals surface area contributed by atoms with Gasteiger partial charge in [0.1, 0.15) is 6.04 Å². The molecule has 2 aromatic rings. The largest absolute Gasteiger partial charge is 0.504 e. The second-order valence-corrected chi connectivity index (χ2v) is 8.15. The Morgan fingerprint density at radius 2 is 1.68 bits per heavy atom. The third kappa shape index (κ3) is 8.40. The summed E-state index contributed by atoms with van der Waals surface area (Å²) >= 11 is 0. The number of aromatic hydroxyl groups is 1. The number of ether oxygens (including phenoxy) is 2. The number of hydrogen-bond acceptors (Lipinski definition) is 7. The molecule has 2 rings (SSSR count). The second kappa shape index (κ2) is 13.2. The third-order valence-corrected chi connectivity index (χ3v) is 5.32. The van der Waals surface area contributed by atoms with Crippen molar-refractivity contribution >= 4 is 17.8 Å². The lowest BCUT2D eigenvalue weighted by Gasteiger charge is -2.23. The summed E-state index contributed by atoms with van der Waals surface area (Å²) in [6.07, 6.45) is 0.363. The molecule has 4 N–H and O–H groups in total. The first-order chi connectivity index (χ1) is 16.2. The molecule has 0 aromatic heterocycles. The molecule has 1 amide bonds. The van der Waals surface area contributed by atoms with Crippen LogP contribution in [0.1, 0.15) is 24.5 Å². The minimum atomic E-state index is -1.14. The maximum Gasteiger partial charge on any atom is 0.328 e. The Labute approximate surface area is 199 Å². The van der Waals surface area contributed by atoms with Crippen molar-refractivity contribution in [1.82, 2.24) is 10.6 Å². The summed E-state index contributed by atoms with van der Waals surface area (Å²) in [6.45, 7) is 2.29. The van der Waals surface area contributed by atoms with Crippen molar-refractivity contribution in [2.75, 3.05) is 20.8 Å². The van der Waals surface area contributed by atoms with Gasteiger partial charge in [-0.3, -0.25) is 9.59 Å². The quantitative estimate of drug-likeness (QED) is 0.325. The number of amides is 1. The van der Waals surface area contributed by atoms with E-state index < -0.39 is 36.4 Å². The first-order valence-corrected chi connectivity index (χ1v) is 11.0. The molecule has 9 nitrogen and oxygen atoms in total. The van der Waals surface area contributed by atoms with Gasteiger partial charge in [-0.2, -0.15) is 0 Å². The van der Waals surface area contributed by atoms with Crippen LogP contribution in [0.4, 0.5) is 0 Å². The highest BCUT2D eigenvalue weighted by Gasteiger charge is 2.28. The fraction of sp³-hybridized carbons (Fsp3) is 0.400. The zero-order chi connectivity index (χ0) is 25.1. The lowest BCUT2D eigenvalue weighted by molar-refractivity contribution is -0.145. The van der Waals surface area contributed by atoms with E-state index in [1.54, 1.807) is 12.1 Å².